The number of rotatable bonds is 5. The summed E-state index contributed by atoms with van der Waals surface area (Å²) in [6, 6.07) is 0. The fourth-order valence-corrected chi connectivity index (χ4v) is 1.82. The van der Waals surface area contributed by atoms with E-state index in [4.69, 9.17) is 10.5 Å². The van der Waals surface area contributed by atoms with Crippen LogP contribution in [-0.2, 0) is 4.79 Å². The fraction of sp³-hybridized carbons (Fsp3) is 0.556. The Labute approximate surface area is 98.5 Å². The maximum Gasteiger partial charge on any atom is 0.223 e. The summed E-state index contributed by atoms with van der Waals surface area (Å²) in [6.07, 6.45) is 0.425. The number of nitrogens with zero attached hydrogens (tertiary/aromatic N) is 2. The van der Waals surface area contributed by atoms with Crippen molar-refractivity contribution in [1.29, 1.82) is 0 Å². The number of nitrogens with two attached hydrogens (primary N) is 1. The summed E-state index contributed by atoms with van der Waals surface area (Å²) in [6.45, 7) is 0.537. The van der Waals surface area contributed by atoms with E-state index in [0.29, 0.717) is 24.5 Å². The molecule has 0 aliphatic carbocycles. The van der Waals surface area contributed by atoms with Crippen molar-refractivity contribution >= 4 is 28.3 Å². The number of hydrogen-bond donors (Lipinski definition) is 2. The average Bonchev–Trinajstić information content (AvgIpc) is 2.59. The number of carbonyl (C=O) groups excluding carboxylic acids is 1. The molecule has 0 radical (unpaired) electrons. The van der Waals surface area contributed by atoms with Gasteiger partial charge in [-0.05, 0) is 11.5 Å². The Hall–Kier alpha value is -1.50. The number of carbonyl (C=O) groups is 1. The second-order valence-corrected chi connectivity index (χ2v) is 4.17. The number of amides is 1. The Bertz CT molecular complexity index is 364. The summed E-state index contributed by atoms with van der Waals surface area (Å²) in [5, 5.41) is 3.83. The molecule has 1 amide bonds. The largest absolute Gasteiger partial charge is 0.490 e. The predicted molar refractivity (Wildman–Crippen MR) is 64.9 cm³/mol. The molecule has 16 heavy (non-hydrogen) atoms. The molecule has 0 unspecified atom stereocenters. The van der Waals surface area contributed by atoms with Crippen molar-refractivity contribution < 1.29 is 9.53 Å². The number of nitrogens with one attached hydrogen (secondary N) is 1. The molecule has 0 fully saturated rings. The molecule has 0 saturated carbocycles. The van der Waals surface area contributed by atoms with Gasteiger partial charge in [-0.25, -0.2) is 0 Å². The third-order valence-electron chi connectivity index (χ3n) is 2.00. The third kappa shape index (κ3) is 2.99. The maximum atomic E-state index is 11.3. The first-order valence-corrected chi connectivity index (χ1v) is 5.56. The van der Waals surface area contributed by atoms with Crippen molar-refractivity contribution in [2.45, 2.75) is 6.42 Å². The molecule has 1 aromatic heterocycles. The Morgan fingerprint density at radius 1 is 1.62 bits per heavy atom. The van der Waals surface area contributed by atoms with Gasteiger partial charge < -0.3 is 20.7 Å². The summed E-state index contributed by atoms with van der Waals surface area (Å²) in [4.78, 5) is 12.9. The van der Waals surface area contributed by atoms with Gasteiger partial charge in [-0.1, -0.05) is 0 Å². The van der Waals surface area contributed by atoms with Crippen molar-refractivity contribution in [2.24, 2.45) is 0 Å². The zero-order valence-corrected chi connectivity index (χ0v) is 10.4. The lowest BCUT2D eigenvalue weighted by molar-refractivity contribution is -0.128. The van der Waals surface area contributed by atoms with Crippen LogP contribution < -0.4 is 15.8 Å². The number of nitrogen functional groups attached to an aromatic ring is 1. The summed E-state index contributed by atoms with van der Waals surface area (Å²) >= 11 is 1.22. The Balaban J connectivity index is 2.46. The van der Waals surface area contributed by atoms with E-state index in [1.165, 1.54) is 18.6 Å². The number of ether oxygens (including phenoxy) is 1. The zero-order chi connectivity index (χ0) is 12.1. The van der Waals surface area contributed by atoms with Gasteiger partial charge in [0, 0.05) is 27.1 Å². The van der Waals surface area contributed by atoms with Crippen LogP contribution in [0.15, 0.2) is 0 Å². The van der Waals surface area contributed by atoms with E-state index >= 15 is 0 Å². The molecule has 0 aliphatic rings. The van der Waals surface area contributed by atoms with Gasteiger partial charge in [0.25, 0.3) is 0 Å². The topological polar surface area (TPSA) is 80.5 Å². The SMILES string of the molecule is COc1c(N)nsc1NCCC(=O)N(C)C. The van der Waals surface area contributed by atoms with Crippen molar-refractivity contribution in [3.05, 3.63) is 0 Å². The Morgan fingerprint density at radius 3 is 2.88 bits per heavy atom. The molecule has 0 aromatic carbocycles. The summed E-state index contributed by atoms with van der Waals surface area (Å²) < 4.78 is 9.04. The van der Waals surface area contributed by atoms with Crippen LogP contribution in [0.1, 0.15) is 6.42 Å². The van der Waals surface area contributed by atoms with Gasteiger partial charge in [-0.2, -0.15) is 4.37 Å². The molecule has 0 saturated heterocycles. The monoisotopic (exact) mass is 244 g/mol. The molecule has 6 nitrogen and oxygen atoms in total. The van der Waals surface area contributed by atoms with Crippen LogP contribution in [0.2, 0.25) is 0 Å². The Morgan fingerprint density at radius 2 is 2.31 bits per heavy atom. The average molecular weight is 244 g/mol. The highest BCUT2D eigenvalue weighted by Gasteiger charge is 2.11. The molecule has 90 valence electrons. The van der Waals surface area contributed by atoms with E-state index in [1.807, 2.05) is 0 Å². The summed E-state index contributed by atoms with van der Waals surface area (Å²) in [5.74, 6) is 0.986. The highest BCUT2D eigenvalue weighted by molar-refractivity contribution is 7.11. The van der Waals surface area contributed by atoms with E-state index in [-0.39, 0.29) is 5.91 Å². The van der Waals surface area contributed by atoms with Crippen LogP contribution in [-0.4, -0.2) is 42.9 Å². The van der Waals surface area contributed by atoms with Gasteiger partial charge in [0.05, 0.1) is 7.11 Å². The molecule has 0 aliphatic heterocycles. The quantitative estimate of drug-likeness (QED) is 0.794. The second-order valence-electron chi connectivity index (χ2n) is 3.40. The van der Waals surface area contributed by atoms with Gasteiger partial charge in [0.15, 0.2) is 16.6 Å². The van der Waals surface area contributed by atoms with Crippen molar-refractivity contribution in [3.8, 4) is 5.75 Å². The minimum Gasteiger partial charge on any atom is -0.490 e. The first-order valence-electron chi connectivity index (χ1n) is 4.79. The van der Waals surface area contributed by atoms with E-state index in [9.17, 15) is 4.79 Å². The van der Waals surface area contributed by atoms with Gasteiger partial charge in [-0.15, -0.1) is 0 Å². The number of hydrogen-bond acceptors (Lipinski definition) is 6. The molecule has 0 atom stereocenters. The lowest BCUT2D eigenvalue weighted by atomic mass is 10.4. The predicted octanol–water partition coefficient (Wildman–Crippen LogP) is 0.624. The molecule has 0 bridgehead atoms. The fourth-order valence-electron chi connectivity index (χ4n) is 1.11. The van der Waals surface area contributed by atoms with Crippen LogP contribution in [0.25, 0.3) is 0 Å². The molecule has 7 heteroatoms. The van der Waals surface area contributed by atoms with Gasteiger partial charge in [-0.3, -0.25) is 4.79 Å². The highest BCUT2D eigenvalue weighted by Crippen LogP contribution is 2.34. The lowest BCUT2D eigenvalue weighted by Gasteiger charge is -2.10. The van der Waals surface area contributed by atoms with Crippen LogP contribution in [0.3, 0.4) is 0 Å². The van der Waals surface area contributed by atoms with Crippen LogP contribution in [0, 0.1) is 0 Å². The smallest absolute Gasteiger partial charge is 0.223 e. The molecule has 1 rings (SSSR count). The molecule has 1 heterocycles. The molecular formula is C9H16N4O2S. The van der Waals surface area contributed by atoms with Crippen LogP contribution in [0.5, 0.6) is 5.75 Å². The minimum absolute atomic E-state index is 0.0731. The standard InChI is InChI=1S/C9H16N4O2S/c1-13(2)6(14)4-5-11-9-7(15-3)8(10)12-16-9/h11H,4-5H2,1-3H3,(H2,10,12). The van der Waals surface area contributed by atoms with Crippen LogP contribution >= 0.6 is 11.5 Å². The first kappa shape index (κ1) is 12.6. The third-order valence-corrected chi connectivity index (χ3v) is 2.80. The molecule has 0 spiro atoms. The number of anilines is 2. The van der Waals surface area contributed by atoms with E-state index in [0.717, 1.165) is 5.00 Å². The zero-order valence-electron chi connectivity index (χ0n) is 9.61. The molecule has 1 aromatic rings. The van der Waals surface area contributed by atoms with Crippen molar-refractivity contribution in [1.82, 2.24) is 9.27 Å². The van der Waals surface area contributed by atoms with Gasteiger partial charge in [0.1, 0.15) is 0 Å². The minimum atomic E-state index is 0.0731. The Kier molecular flexibility index (Phi) is 4.36. The van der Waals surface area contributed by atoms with Gasteiger partial charge in [0.2, 0.25) is 5.91 Å². The number of methoxy groups -OCH3 is 1. The van der Waals surface area contributed by atoms with E-state index < -0.39 is 0 Å². The maximum absolute atomic E-state index is 11.3. The van der Waals surface area contributed by atoms with E-state index in [1.54, 1.807) is 19.0 Å². The van der Waals surface area contributed by atoms with Gasteiger partial charge >= 0.3 is 0 Å². The first-order chi connectivity index (χ1) is 7.56. The van der Waals surface area contributed by atoms with Crippen LogP contribution in [0.4, 0.5) is 10.8 Å². The highest BCUT2D eigenvalue weighted by atomic mass is 32.1. The molecular weight excluding hydrogens is 228 g/mol. The summed E-state index contributed by atoms with van der Waals surface area (Å²) in [5.41, 5.74) is 5.59. The summed E-state index contributed by atoms with van der Waals surface area (Å²) in [7, 11) is 5.00. The van der Waals surface area contributed by atoms with E-state index in [2.05, 4.69) is 9.69 Å². The van der Waals surface area contributed by atoms with Crippen molar-refractivity contribution in [2.75, 3.05) is 38.8 Å². The molecule has 3 N–H and O–H groups in total. The second kappa shape index (κ2) is 5.55. The normalized spacial score (nSPS) is 9.94. The lowest BCUT2D eigenvalue weighted by Crippen LogP contribution is -2.23. The van der Waals surface area contributed by atoms with Crippen molar-refractivity contribution in [3.63, 3.8) is 0 Å². The number of aromatic nitrogens is 1.